The Bertz CT molecular complexity index is 1310. The summed E-state index contributed by atoms with van der Waals surface area (Å²) < 4.78 is 17.0. The Labute approximate surface area is 506 Å². The first-order chi connectivity index (χ1) is 40.0. The van der Waals surface area contributed by atoms with Crippen LogP contribution in [0.15, 0.2) is 24.3 Å². The van der Waals surface area contributed by atoms with Gasteiger partial charge < -0.3 is 14.2 Å². The first kappa shape index (κ1) is 78.9. The summed E-state index contributed by atoms with van der Waals surface area (Å²) in [5.74, 6) is -0.836. The minimum absolute atomic E-state index is 0.0654. The highest BCUT2D eigenvalue weighted by Crippen LogP contribution is 2.19. The third-order valence-electron chi connectivity index (χ3n) is 17.0. The van der Waals surface area contributed by atoms with E-state index in [2.05, 4.69) is 45.1 Å². The van der Waals surface area contributed by atoms with Gasteiger partial charge in [0.25, 0.3) is 0 Å². The molecule has 0 spiro atoms. The number of esters is 3. The van der Waals surface area contributed by atoms with E-state index < -0.39 is 6.10 Å². The van der Waals surface area contributed by atoms with Crippen LogP contribution < -0.4 is 0 Å². The van der Waals surface area contributed by atoms with Crippen LogP contribution in [0.3, 0.4) is 0 Å². The molecule has 0 aromatic heterocycles. The van der Waals surface area contributed by atoms with Crippen molar-refractivity contribution in [2.24, 2.45) is 0 Å². The summed E-state index contributed by atoms with van der Waals surface area (Å²) in [5, 5.41) is 0. The van der Waals surface area contributed by atoms with Crippen molar-refractivity contribution in [1.82, 2.24) is 0 Å². The maximum Gasteiger partial charge on any atom is 0.306 e. The van der Waals surface area contributed by atoms with Crippen LogP contribution in [0.2, 0.25) is 0 Å². The molecular weight excluding hydrogens is 997 g/mol. The van der Waals surface area contributed by atoms with Gasteiger partial charge in [-0.1, -0.05) is 373 Å². The second-order valence-corrected chi connectivity index (χ2v) is 25.2. The van der Waals surface area contributed by atoms with Crippen LogP contribution in [-0.2, 0) is 28.6 Å². The number of unbranched alkanes of at least 4 members (excludes halogenated alkanes) is 54. The quantitative estimate of drug-likeness (QED) is 0.0261. The predicted octanol–water partition coefficient (Wildman–Crippen LogP) is 25.3. The van der Waals surface area contributed by atoms with E-state index in [0.29, 0.717) is 19.3 Å². The van der Waals surface area contributed by atoms with Crippen LogP contribution in [0.1, 0.15) is 419 Å². The van der Waals surface area contributed by atoms with Gasteiger partial charge in [-0.15, -0.1) is 0 Å². The molecule has 6 nitrogen and oxygen atoms in total. The summed E-state index contributed by atoms with van der Waals surface area (Å²) in [5.41, 5.74) is 0. The molecular formula is C75H142O6. The van der Waals surface area contributed by atoms with E-state index in [1.165, 1.54) is 315 Å². The molecule has 0 bridgehead atoms. The number of rotatable bonds is 69. The Morgan fingerprint density at radius 2 is 0.444 bits per heavy atom. The number of ether oxygens (including phenoxy) is 3. The van der Waals surface area contributed by atoms with Gasteiger partial charge in [-0.05, 0) is 51.4 Å². The molecule has 0 saturated carbocycles. The number of carbonyl (C=O) groups is 3. The molecule has 0 aliphatic carbocycles. The molecule has 0 amide bonds. The monoisotopic (exact) mass is 1140 g/mol. The van der Waals surface area contributed by atoms with Crippen molar-refractivity contribution in [1.29, 1.82) is 0 Å². The molecule has 0 heterocycles. The highest BCUT2D eigenvalue weighted by atomic mass is 16.6. The summed E-state index contributed by atoms with van der Waals surface area (Å²) in [6.07, 6.45) is 86.6. The third kappa shape index (κ3) is 68.6. The zero-order valence-corrected chi connectivity index (χ0v) is 55.1. The fourth-order valence-electron chi connectivity index (χ4n) is 11.4. The van der Waals surface area contributed by atoms with Gasteiger partial charge in [0.1, 0.15) is 13.2 Å². The van der Waals surface area contributed by atoms with Crippen molar-refractivity contribution in [2.75, 3.05) is 13.2 Å². The lowest BCUT2D eigenvalue weighted by molar-refractivity contribution is -0.167. The fraction of sp³-hybridized carbons (Fsp3) is 0.907. The first-order valence-corrected chi connectivity index (χ1v) is 36.8. The highest BCUT2D eigenvalue weighted by molar-refractivity contribution is 5.71. The Morgan fingerprint density at radius 1 is 0.247 bits per heavy atom. The highest BCUT2D eigenvalue weighted by Gasteiger charge is 2.20. The molecule has 0 aromatic carbocycles. The van der Waals surface area contributed by atoms with Crippen molar-refractivity contribution in [3.63, 3.8) is 0 Å². The molecule has 0 aromatic rings. The molecule has 0 rings (SSSR count). The summed E-state index contributed by atoms with van der Waals surface area (Å²) in [6.45, 7) is 6.71. The SMILES string of the molecule is CCCCCCC/C=C\C/C=C\CCCCCCCCCCCCCC(=O)OC(COC(=O)CCCCCCCCCCCCC)COC(=O)CCCCCCCCCCCCCCCCCCCCCCCCCCCCCCC. The van der Waals surface area contributed by atoms with E-state index in [1.54, 1.807) is 0 Å². The minimum atomic E-state index is -0.769. The van der Waals surface area contributed by atoms with Crippen LogP contribution in [0, 0.1) is 0 Å². The van der Waals surface area contributed by atoms with Gasteiger partial charge in [0, 0.05) is 19.3 Å². The second kappa shape index (κ2) is 70.4. The van der Waals surface area contributed by atoms with Gasteiger partial charge in [0.05, 0.1) is 0 Å². The van der Waals surface area contributed by atoms with Crippen molar-refractivity contribution in [3.05, 3.63) is 24.3 Å². The number of carbonyl (C=O) groups excluding carboxylic acids is 3. The molecule has 1 atom stereocenters. The molecule has 0 N–H and O–H groups in total. The van der Waals surface area contributed by atoms with Crippen molar-refractivity contribution < 1.29 is 28.6 Å². The smallest absolute Gasteiger partial charge is 0.306 e. The molecule has 0 saturated heterocycles. The normalized spacial score (nSPS) is 12.1. The molecule has 6 heteroatoms. The van der Waals surface area contributed by atoms with Gasteiger partial charge in [-0.25, -0.2) is 0 Å². The standard InChI is InChI=1S/C75H142O6/c1-4-7-10-13-16-19-22-24-26-28-30-32-34-35-36-37-38-39-41-42-44-46-48-50-53-56-59-62-65-68-74(77)80-71-72(70-79-73(76)67-64-61-58-55-52-21-18-15-12-9-6-3)81-75(78)69-66-63-60-57-54-51-49-47-45-43-40-33-31-29-27-25-23-20-17-14-11-8-5-2/h23,25,29,31,72H,4-22,24,26-28,30,32-71H2,1-3H3/b25-23-,31-29-. The maximum atomic E-state index is 12.9. The van der Waals surface area contributed by atoms with Crippen molar-refractivity contribution in [2.45, 2.75) is 425 Å². The fourth-order valence-corrected chi connectivity index (χ4v) is 11.4. The minimum Gasteiger partial charge on any atom is -0.462 e. The molecule has 0 aliphatic heterocycles. The lowest BCUT2D eigenvalue weighted by Gasteiger charge is -2.18. The molecule has 1 unspecified atom stereocenters. The zero-order valence-electron chi connectivity index (χ0n) is 55.1. The second-order valence-electron chi connectivity index (χ2n) is 25.2. The lowest BCUT2D eigenvalue weighted by Crippen LogP contribution is -2.30. The van der Waals surface area contributed by atoms with Gasteiger partial charge in [0.15, 0.2) is 6.10 Å². The maximum absolute atomic E-state index is 12.9. The molecule has 478 valence electrons. The number of hydrogen-bond acceptors (Lipinski definition) is 6. The van der Waals surface area contributed by atoms with Crippen LogP contribution in [0.5, 0.6) is 0 Å². The Balaban J connectivity index is 4.13. The van der Waals surface area contributed by atoms with E-state index in [4.69, 9.17) is 14.2 Å². The van der Waals surface area contributed by atoms with Gasteiger partial charge >= 0.3 is 17.9 Å². The van der Waals surface area contributed by atoms with Crippen LogP contribution in [0.25, 0.3) is 0 Å². The third-order valence-corrected chi connectivity index (χ3v) is 17.0. The van der Waals surface area contributed by atoms with E-state index >= 15 is 0 Å². The van der Waals surface area contributed by atoms with Gasteiger partial charge in [-0.3, -0.25) is 14.4 Å². The summed E-state index contributed by atoms with van der Waals surface area (Å²) >= 11 is 0. The predicted molar refractivity (Wildman–Crippen MR) is 353 cm³/mol. The molecule has 81 heavy (non-hydrogen) atoms. The van der Waals surface area contributed by atoms with E-state index in [9.17, 15) is 14.4 Å². The van der Waals surface area contributed by atoms with Crippen molar-refractivity contribution >= 4 is 17.9 Å². The Hall–Kier alpha value is -2.11. The van der Waals surface area contributed by atoms with Gasteiger partial charge in [-0.2, -0.15) is 0 Å². The van der Waals surface area contributed by atoms with Gasteiger partial charge in [0.2, 0.25) is 0 Å². The Kier molecular flexibility index (Phi) is 68.5. The largest absolute Gasteiger partial charge is 0.462 e. The first-order valence-electron chi connectivity index (χ1n) is 36.8. The Morgan fingerprint density at radius 3 is 0.679 bits per heavy atom. The number of hydrogen-bond donors (Lipinski definition) is 0. The summed E-state index contributed by atoms with van der Waals surface area (Å²) in [6, 6.07) is 0. The molecule has 0 aliphatic rings. The average Bonchev–Trinajstić information content (AvgIpc) is 3.47. The number of allylic oxidation sites excluding steroid dienone is 4. The van der Waals surface area contributed by atoms with E-state index in [-0.39, 0.29) is 31.1 Å². The van der Waals surface area contributed by atoms with Crippen LogP contribution in [0.4, 0.5) is 0 Å². The summed E-state index contributed by atoms with van der Waals surface area (Å²) in [7, 11) is 0. The van der Waals surface area contributed by atoms with E-state index in [1.807, 2.05) is 0 Å². The zero-order chi connectivity index (χ0) is 58.5. The van der Waals surface area contributed by atoms with Crippen molar-refractivity contribution in [3.8, 4) is 0 Å². The van der Waals surface area contributed by atoms with E-state index in [0.717, 1.165) is 64.2 Å². The molecule has 0 radical (unpaired) electrons. The average molecular weight is 1140 g/mol. The lowest BCUT2D eigenvalue weighted by atomic mass is 10.0. The summed E-state index contributed by atoms with van der Waals surface area (Å²) in [4.78, 5) is 38.4. The van der Waals surface area contributed by atoms with Crippen LogP contribution >= 0.6 is 0 Å². The topological polar surface area (TPSA) is 78.9 Å². The van der Waals surface area contributed by atoms with Crippen LogP contribution in [-0.4, -0.2) is 37.2 Å². The molecule has 0 fully saturated rings.